The van der Waals surface area contributed by atoms with E-state index in [1.807, 2.05) is 0 Å². The Kier molecular flexibility index (Phi) is 3.58. The zero-order chi connectivity index (χ0) is 9.84. The Labute approximate surface area is 86.4 Å². The van der Waals surface area contributed by atoms with Crippen LogP contribution in [0.2, 0.25) is 10.0 Å². The highest BCUT2D eigenvalue weighted by Gasteiger charge is 2.02. The summed E-state index contributed by atoms with van der Waals surface area (Å²) >= 11 is 11.5. The Bertz CT molecular complexity index is 323. The van der Waals surface area contributed by atoms with E-state index < -0.39 is 0 Å². The highest BCUT2D eigenvalue weighted by molar-refractivity contribution is 6.35. The molecule has 0 aliphatic heterocycles. The number of Topliss-reactive ketones (excluding diaryl/α,β-unsaturated/α-hetero) is 1. The summed E-state index contributed by atoms with van der Waals surface area (Å²) in [4.78, 5) is 10.6. The topological polar surface area (TPSA) is 26.3 Å². The molecule has 0 aliphatic carbocycles. The number of hydrogen-bond acceptors (Lipinski definition) is 2. The molecule has 0 N–H and O–H groups in total. The van der Waals surface area contributed by atoms with Gasteiger partial charge in [-0.3, -0.25) is 4.79 Å². The van der Waals surface area contributed by atoms with Crippen molar-refractivity contribution in [1.82, 2.24) is 0 Å². The molecule has 0 saturated carbocycles. The van der Waals surface area contributed by atoms with E-state index in [-0.39, 0.29) is 12.4 Å². The summed E-state index contributed by atoms with van der Waals surface area (Å²) in [6.45, 7) is 1.48. The van der Waals surface area contributed by atoms with Crippen LogP contribution < -0.4 is 4.74 Å². The van der Waals surface area contributed by atoms with Gasteiger partial charge in [0.05, 0.1) is 5.02 Å². The second kappa shape index (κ2) is 4.49. The van der Waals surface area contributed by atoms with Gasteiger partial charge in [0.25, 0.3) is 0 Å². The van der Waals surface area contributed by atoms with Gasteiger partial charge >= 0.3 is 0 Å². The third-order valence-electron chi connectivity index (χ3n) is 1.32. The van der Waals surface area contributed by atoms with Crippen molar-refractivity contribution in [3.63, 3.8) is 0 Å². The molecule has 1 rings (SSSR count). The first-order chi connectivity index (χ1) is 6.09. The van der Waals surface area contributed by atoms with E-state index in [1.54, 1.807) is 18.2 Å². The monoisotopic (exact) mass is 218 g/mol. The van der Waals surface area contributed by atoms with Crippen LogP contribution >= 0.6 is 23.2 Å². The van der Waals surface area contributed by atoms with Crippen LogP contribution in [0.4, 0.5) is 0 Å². The fourth-order valence-electron chi connectivity index (χ4n) is 0.772. The standard InChI is InChI=1S/C9H8Cl2O2/c1-6(12)5-13-9-3-2-7(10)4-8(9)11/h2-4H,5H2,1H3. The minimum atomic E-state index is -0.0500. The molecule has 0 radical (unpaired) electrons. The van der Waals surface area contributed by atoms with Crippen molar-refractivity contribution in [2.24, 2.45) is 0 Å². The number of ketones is 1. The van der Waals surface area contributed by atoms with Gasteiger partial charge in [0.2, 0.25) is 0 Å². The summed E-state index contributed by atoms with van der Waals surface area (Å²) in [5, 5.41) is 0.953. The molecule has 0 fully saturated rings. The maximum atomic E-state index is 10.6. The molecule has 0 unspecified atom stereocenters. The molecule has 0 aromatic heterocycles. The van der Waals surface area contributed by atoms with Gasteiger partial charge in [0.1, 0.15) is 12.4 Å². The first-order valence-corrected chi connectivity index (χ1v) is 4.42. The van der Waals surface area contributed by atoms with Crippen LogP contribution in [0.25, 0.3) is 0 Å². The number of carbonyl (C=O) groups excluding carboxylic acids is 1. The van der Waals surface area contributed by atoms with E-state index in [9.17, 15) is 4.79 Å². The van der Waals surface area contributed by atoms with E-state index >= 15 is 0 Å². The first-order valence-electron chi connectivity index (χ1n) is 3.67. The summed E-state index contributed by atoms with van der Waals surface area (Å²) in [6.07, 6.45) is 0. The summed E-state index contributed by atoms with van der Waals surface area (Å²) in [5.74, 6) is 0.423. The minimum Gasteiger partial charge on any atom is -0.484 e. The lowest BCUT2D eigenvalue weighted by molar-refractivity contribution is -0.118. The molecular weight excluding hydrogens is 211 g/mol. The Morgan fingerprint density at radius 1 is 1.46 bits per heavy atom. The predicted molar refractivity (Wildman–Crippen MR) is 52.6 cm³/mol. The lowest BCUT2D eigenvalue weighted by Crippen LogP contribution is -2.06. The first kappa shape index (κ1) is 10.4. The molecule has 4 heteroatoms. The molecule has 1 aromatic rings. The van der Waals surface area contributed by atoms with Gasteiger partial charge < -0.3 is 4.74 Å². The largest absolute Gasteiger partial charge is 0.484 e. The molecule has 0 atom stereocenters. The van der Waals surface area contributed by atoms with Gasteiger partial charge in [-0.25, -0.2) is 0 Å². The third kappa shape index (κ3) is 3.25. The van der Waals surface area contributed by atoms with E-state index in [2.05, 4.69) is 0 Å². The maximum Gasteiger partial charge on any atom is 0.167 e. The van der Waals surface area contributed by atoms with Crippen molar-refractivity contribution >= 4 is 29.0 Å². The molecule has 0 aliphatic rings. The van der Waals surface area contributed by atoms with Crippen LogP contribution in [-0.2, 0) is 4.79 Å². The Morgan fingerprint density at radius 3 is 2.69 bits per heavy atom. The fraction of sp³-hybridized carbons (Fsp3) is 0.222. The summed E-state index contributed by atoms with van der Waals surface area (Å²) in [6, 6.07) is 4.86. The number of hydrogen-bond donors (Lipinski definition) is 0. The summed E-state index contributed by atoms with van der Waals surface area (Å²) in [5.41, 5.74) is 0. The van der Waals surface area contributed by atoms with E-state index in [4.69, 9.17) is 27.9 Å². The van der Waals surface area contributed by atoms with Crippen molar-refractivity contribution < 1.29 is 9.53 Å². The van der Waals surface area contributed by atoms with Crippen LogP contribution in [0.5, 0.6) is 5.75 Å². The van der Waals surface area contributed by atoms with Crippen LogP contribution in [0.1, 0.15) is 6.92 Å². The van der Waals surface area contributed by atoms with Gasteiger partial charge in [0, 0.05) is 5.02 Å². The van der Waals surface area contributed by atoms with Gasteiger partial charge in [-0.05, 0) is 25.1 Å². The summed E-state index contributed by atoms with van der Waals surface area (Å²) < 4.78 is 5.11. The third-order valence-corrected chi connectivity index (χ3v) is 1.86. The maximum absolute atomic E-state index is 10.6. The van der Waals surface area contributed by atoms with Crippen molar-refractivity contribution in [3.8, 4) is 5.75 Å². The van der Waals surface area contributed by atoms with Crippen molar-refractivity contribution in [3.05, 3.63) is 28.2 Å². The normalized spacial score (nSPS) is 9.77. The SMILES string of the molecule is CC(=O)COc1ccc(Cl)cc1Cl. The molecule has 70 valence electrons. The van der Waals surface area contributed by atoms with E-state index in [1.165, 1.54) is 6.92 Å². The van der Waals surface area contributed by atoms with Crippen molar-refractivity contribution in [2.75, 3.05) is 6.61 Å². The van der Waals surface area contributed by atoms with Crippen LogP contribution in [0, 0.1) is 0 Å². The average Bonchev–Trinajstić information content (AvgIpc) is 2.02. The molecule has 1 aromatic carbocycles. The molecule has 0 bridgehead atoms. The Balaban J connectivity index is 2.72. The molecule has 0 amide bonds. The number of halogens is 2. The minimum absolute atomic E-state index is 0.0291. The zero-order valence-corrected chi connectivity index (χ0v) is 8.52. The number of rotatable bonds is 3. The number of ether oxygens (including phenoxy) is 1. The molecular formula is C9H8Cl2O2. The molecule has 0 saturated heterocycles. The van der Waals surface area contributed by atoms with Gasteiger partial charge in [-0.2, -0.15) is 0 Å². The van der Waals surface area contributed by atoms with Crippen molar-refractivity contribution in [2.45, 2.75) is 6.92 Å². The van der Waals surface area contributed by atoms with E-state index in [0.29, 0.717) is 15.8 Å². The zero-order valence-electron chi connectivity index (χ0n) is 7.01. The predicted octanol–water partition coefficient (Wildman–Crippen LogP) is 2.96. The average molecular weight is 219 g/mol. The van der Waals surface area contributed by atoms with Crippen LogP contribution in [0.15, 0.2) is 18.2 Å². The Hall–Kier alpha value is -0.730. The molecule has 13 heavy (non-hydrogen) atoms. The van der Waals surface area contributed by atoms with Crippen LogP contribution in [0.3, 0.4) is 0 Å². The molecule has 0 heterocycles. The van der Waals surface area contributed by atoms with E-state index in [0.717, 1.165) is 0 Å². The van der Waals surface area contributed by atoms with Crippen molar-refractivity contribution in [1.29, 1.82) is 0 Å². The second-order valence-corrected chi connectivity index (χ2v) is 3.41. The highest BCUT2D eigenvalue weighted by atomic mass is 35.5. The second-order valence-electron chi connectivity index (χ2n) is 2.57. The number of carbonyl (C=O) groups is 1. The smallest absolute Gasteiger partial charge is 0.167 e. The van der Waals surface area contributed by atoms with Crippen LogP contribution in [-0.4, -0.2) is 12.4 Å². The Morgan fingerprint density at radius 2 is 2.15 bits per heavy atom. The molecule has 2 nitrogen and oxygen atoms in total. The van der Waals surface area contributed by atoms with Gasteiger partial charge in [0.15, 0.2) is 5.78 Å². The fourth-order valence-corrected chi connectivity index (χ4v) is 1.23. The van der Waals surface area contributed by atoms with Gasteiger partial charge in [-0.15, -0.1) is 0 Å². The lowest BCUT2D eigenvalue weighted by atomic mass is 10.3. The number of benzene rings is 1. The summed E-state index contributed by atoms with van der Waals surface area (Å²) in [7, 11) is 0. The quantitative estimate of drug-likeness (QED) is 0.781. The van der Waals surface area contributed by atoms with Gasteiger partial charge in [-0.1, -0.05) is 23.2 Å². The molecule has 0 spiro atoms. The highest BCUT2D eigenvalue weighted by Crippen LogP contribution is 2.27. The lowest BCUT2D eigenvalue weighted by Gasteiger charge is -2.05.